The zero-order valence-corrected chi connectivity index (χ0v) is 11.5. The van der Waals surface area contributed by atoms with E-state index in [9.17, 15) is 4.79 Å². The van der Waals surface area contributed by atoms with Crippen molar-refractivity contribution in [3.8, 4) is 5.75 Å². The van der Waals surface area contributed by atoms with Crippen molar-refractivity contribution in [1.29, 1.82) is 0 Å². The average molecular weight is 259 g/mol. The lowest BCUT2D eigenvalue weighted by atomic mass is 10.1. The third-order valence-electron chi connectivity index (χ3n) is 2.84. The van der Waals surface area contributed by atoms with E-state index in [2.05, 4.69) is 13.2 Å². The van der Waals surface area contributed by atoms with Crippen LogP contribution in [0.5, 0.6) is 5.75 Å². The van der Waals surface area contributed by atoms with Gasteiger partial charge in [-0.05, 0) is 24.1 Å². The second kappa shape index (κ2) is 8.14. The summed E-state index contributed by atoms with van der Waals surface area (Å²) in [7, 11) is 1.64. The first-order chi connectivity index (χ1) is 9.21. The van der Waals surface area contributed by atoms with E-state index < -0.39 is 0 Å². The molecular formula is C16H21NO2. The molecule has 0 N–H and O–H groups in total. The second-order valence-electron chi connectivity index (χ2n) is 4.22. The van der Waals surface area contributed by atoms with Gasteiger partial charge in [0.25, 0.3) is 0 Å². The Morgan fingerprint density at radius 1 is 1.21 bits per heavy atom. The summed E-state index contributed by atoms with van der Waals surface area (Å²) in [6.07, 6.45) is 4.69. The van der Waals surface area contributed by atoms with Crippen LogP contribution in [0.1, 0.15) is 12.0 Å². The van der Waals surface area contributed by atoms with Gasteiger partial charge in [-0.15, -0.1) is 13.2 Å². The first kappa shape index (κ1) is 15.0. The van der Waals surface area contributed by atoms with Crippen molar-refractivity contribution in [2.45, 2.75) is 12.8 Å². The van der Waals surface area contributed by atoms with Crippen LogP contribution in [0.4, 0.5) is 0 Å². The molecule has 1 aromatic rings. The Hall–Kier alpha value is -2.03. The monoisotopic (exact) mass is 259 g/mol. The molecule has 19 heavy (non-hydrogen) atoms. The largest absolute Gasteiger partial charge is 0.497 e. The number of rotatable bonds is 8. The van der Waals surface area contributed by atoms with Crippen LogP contribution in [0.3, 0.4) is 0 Å². The van der Waals surface area contributed by atoms with Gasteiger partial charge in [0.2, 0.25) is 5.91 Å². The van der Waals surface area contributed by atoms with Gasteiger partial charge < -0.3 is 9.64 Å². The van der Waals surface area contributed by atoms with Crippen molar-refractivity contribution >= 4 is 5.91 Å². The molecule has 0 radical (unpaired) electrons. The fourth-order valence-corrected chi connectivity index (χ4v) is 1.79. The fourth-order valence-electron chi connectivity index (χ4n) is 1.79. The van der Waals surface area contributed by atoms with E-state index in [1.165, 1.54) is 0 Å². The van der Waals surface area contributed by atoms with Crippen molar-refractivity contribution in [3.05, 3.63) is 55.1 Å². The summed E-state index contributed by atoms with van der Waals surface area (Å²) in [5, 5.41) is 0. The van der Waals surface area contributed by atoms with E-state index in [0.717, 1.165) is 17.7 Å². The fraction of sp³-hybridized carbons (Fsp3) is 0.312. The Labute approximate surface area is 115 Å². The molecule has 0 unspecified atom stereocenters. The minimum absolute atomic E-state index is 0.121. The van der Waals surface area contributed by atoms with Crippen LogP contribution in [0.25, 0.3) is 0 Å². The summed E-state index contributed by atoms with van der Waals surface area (Å²) in [5.74, 6) is 0.950. The number of amides is 1. The first-order valence-electron chi connectivity index (χ1n) is 6.33. The summed E-state index contributed by atoms with van der Waals surface area (Å²) in [6.45, 7) is 8.45. The van der Waals surface area contributed by atoms with Gasteiger partial charge in [0.1, 0.15) is 5.75 Å². The summed E-state index contributed by atoms with van der Waals surface area (Å²) in [6, 6.07) is 7.78. The van der Waals surface area contributed by atoms with E-state index in [1.807, 2.05) is 24.3 Å². The molecule has 0 aromatic heterocycles. The molecule has 1 aromatic carbocycles. The second-order valence-corrected chi connectivity index (χ2v) is 4.22. The molecule has 0 heterocycles. The third-order valence-corrected chi connectivity index (χ3v) is 2.84. The molecule has 0 atom stereocenters. The van der Waals surface area contributed by atoms with Crippen LogP contribution in [0.2, 0.25) is 0 Å². The highest BCUT2D eigenvalue weighted by molar-refractivity contribution is 5.76. The number of hydrogen-bond donors (Lipinski definition) is 0. The normalized spacial score (nSPS) is 9.74. The molecule has 102 valence electrons. The van der Waals surface area contributed by atoms with Crippen LogP contribution in [0, 0.1) is 0 Å². The highest BCUT2D eigenvalue weighted by atomic mass is 16.5. The van der Waals surface area contributed by atoms with Crippen molar-refractivity contribution in [1.82, 2.24) is 4.90 Å². The van der Waals surface area contributed by atoms with Crippen LogP contribution < -0.4 is 4.74 Å². The topological polar surface area (TPSA) is 29.5 Å². The summed E-state index contributed by atoms with van der Waals surface area (Å²) >= 11 is 0. The predicted octanol–water partition coefficient (Wildman–Crippen LogP) is 2.83. The zero-order chi connectivity index (χ0) is 14.1. The van der Waals surface area contributed by atoms with Crippen molar-refractivity contribution in [2.24, 2.45) is 0 Å². The number of aryl methyl sites for hydroxylation is 1. The van der Waals surface area contributed by atoms with Crippen molar-refractivity contribution in [3.63, 3.8) is 0 Å². The van der Waals surface area contributed by atoms with Gasteiger partial charge >= 0.3 is 0 Å². The minimum Gasteiger partial charge on any atom is -0.497 e. The highest BCUT2D eigenvalue weighted by Crippen LogP contribution is 2.13. The van der Waals surface area contributed by atoms with Gasteiger partial charge in [0.15, 0.2) is 0 Å². The first-order valence-corrected chi connectivity index (χ1v) is 6.33. The highest BCUT2D eigenvalue weighted by Gasteiger charge is 2.10. The Bertz CT molecular complexity index is 413. The molecule has 0 bridgehead atoms. The lowest BCUT2D eigenvalue weighted by Gasteiger charge is -2.19. The van der Waals surface area contributed by atoms with E-state index in [0.29, 0.717) is 19.5 Å². The number of carbonyl (C=O) groups excluding carboxylic acids is 1. The number of nitrogens with zero attached hydrogens (tertiary/aromatic N) is 1. The van der Waals surface area contributed by atoms with Crippen LogP contribution in [-0.2, 0) is 11.2 Å². The minimum atomic E-state index is 0.121. The molecule has 0 spiro atoms. The summed E-state index contributed by atoms with van der Waals surface area (Å²) < 4.78 is 5.10. The zero-order valence-electron chi connectivity index (χ0n) is 11.5. The van der Waals surface area contributed by atoms with Gasteiger partial charge in [0, 0.05) is 19.5 Å². The molecule has 0 fully saturated rings. The van der Waals surface area contributed by atoms with Gasteiger partial charge in [-0.25, -0.2) is 0 Å². The SMILES string of the molecule is C=CCN(CC=C)C(=O)CCc1ccc(OC)cc1. The Morgan fingerprint density at radius 2 is 1.79 bits per heavy atom. The number of carbonyl (C=O) groups is 1. The molecule has 3 heteroatoms. The molecule has 0 saturated heterocycles. The maximum atomic E-state index is 12.0. The van der Waals surface area contributed by atoms with E-state index in [1.54, 1.807) is 24.2 Å². The third kappa shape index (κ3) is 5.00. The molecule has 0 aliphatic heterocycles. The van der Waals surface area contributed by atoms with E-state index >= 15 is 0 Å². The predicted molar refractivity (Wildman–Crippen MR) is 78.3 cm³/mol. The van der Waals surface area contributed by atoms with Crippen LogP contribution >= 0.6 is 0 Å². The van der Waals surface area contributed by atoms with Crippen LogP contribution in [0.15, 0.2) is 49.6 Å². The maximum absolute atomic E-state index is 12.0. The number of ether oxygens (including phenoxy) is 1. The lowest BCUT2D eigenvalue weighted by molar-refractivity contribution is -0.130. The van der Waals surface area contributed by atoms with Crippen molar-refractivity contribution < 1.29 is 9.53 Å². The molecule has 0 saturated carbocycles. The average Bonchev–Trinajstić information content (AvgIpc) is 2.45. The molecular weight excluding hydrogens is 238 g/mol. The summed E-state index contributed by atoms with van der Waals surface area (Å²) in [4.78, 5) is 13.8. The molecule has 1 amide bonds. The molecule has 1 rings (SSSR count). The van der Waals surface area contributed by atoms with E-state index in [-0.39, 0.29) is 5.91 Å². The summed E-state index contributed by atoms with van der Waals surface area (Å²) in [5.41, 5.74) is 1.13. The van der Waals surface area contributed by atoms with Gasteiger partial charge in [0.05, 0.1) is 7.11 Å². The number of methoxy groups -OCH3 is 1. The Balaban J connectivity index is 2.51. The number of hydrogen-bond acceptors (Lipinski definition) is 2. The standard InChI is InChI=1S/C16H21NO2/c1-4-12-17(13-5-2)16(18)11-8-14-6-9-15(19-3)10-7-14/h4-7,9-10H,1-2,8,11-13H2,3H3. The molecule has 3 nitrogen and oxygen atoms in total. The van der Waals surface area contributed by atoms with Crippen molar-refractivity contribution in [2.75, 3.05) is 20.2 Å². The Morgan fingerprint density at radius 3 is 2.26 bits per heavy atom. The van der Waals surface area contributed by atoms with Crippen LogP contribution in [-0.4, -0.2) is 31.0 Å². The van der Waals surface area contributed by atoms with E-state index in [4.69, 9.17) is 4.74 Å². The van der Waals surface area contributed by atoms with Gasteiger partial charge in [-0.2, -0.15) is 0 Å². The molecule has 0 aliphatic carbocycles. The van der Waals surface area contributed by atoms with Gasteiger partial charge in [-0.1, -0.05) is 24.3 Å². The lowest BCUT2D eigenvalue weighted by Crippen LogP contribution is -2.31. The smallest absolute Gasteiger partial charge is 0.223 e. The number of benzene rings is 1. The maximum Gasteiger partial charge on any atom is 0.223 e. The quantitative estimate of drug-likeness (QED) is 0.672. The van der Waals surface area contributed by atoms with Gasteiger partial charge in [-0.3, -0.25) is 4.79 Å². The Kier molecular flexibility index (Phi) is 6.44. The molecule has 0 aliphatic rings.